The predicted octanol–water partition coefficient (Wildman–Crippen LogP) is 0.758. The second-order valence-electron chi connectivity index (χ2n) is 3.56. The predicted molar refractivity (Wildman–Crippen MR) is 39.3 cm³/mol. The van der Waals surface area contributed by atoms with Gasteiger partial charge in [0.15, 0.2) is 0 Å². The molecule has 1 atom stereocenters. The van der Waals surface area contributed by atoms with Crippen LogP contribution >= 0.6 is 0 Å². The molecule has 0 aromatic carbocycles. The first-order chi connectivity index (χ1) is 4.29. The summed E-state index contributed by atoms with van der Waals surface area (Å²) in [4.78, 5) is 0. The zero-order valence-electron chi connectivity index (χ0n) is 6.56. The van der Waals surface area contributed by atoms with E-state index in [4.69, 9.17) is 0 Å². The van der Waals surface area contributed by atoms with Gasteiger partial charge in [0.05, 0.1) is 12.6 Å². The molecule has 1 aliphatic heterocycles. The van der Waals surface area contributed by atoms with E-state index in [9.17, 15) is 0 Å². The van der Waals surface area contributed by atoms with Crippen LogP contribution < -0.4 is 5.32 Å². The second kappa shape index (κ2) is 3.21. The number of rotatable bonds is 2. The summed E-state index contributed by atoms with van der Waals surface area (Å²) in [7, 11) is 0. The Labute approximate surface area is 57.8 Å². The summed E-state index contributed by atoms with van der Waals surface area (Å²) >= 11 is 0. The molecule has 1 heterocycles. The van der Waals surface area contributed by atoms with Crippen LogP contribution in [0.15, 0.2) is 0 Å². The highest BCUT2D eigenvalue weighted by Gasteiger charge is 2.18. The van der Waals surface area contributed by atoms with Crippen molar-refractivity contribution < 1.29 is 5.32 Å². The lowest BCUT2D eigenvalue weighted by molar-refractivity contribution is -0.671. The van der Waals surface area contributed by atoms with Crippen molar-refractivity contribution in [2.75, 3.05) is 6.54 Å². The van der Waals surface area contributed by atoms with Crippen molar-refractivity contribution in [3.8, 4) is 0 Å². The van der Waals surface area contributed by atoms with Crippen LogP contribution in [0.3, 0.4) is 0 Å². The summed E-state index contributed by atoms with van der Waals surface area (Å²) in [5.74, 6) is 0.893. The number of hydrogen-bond acceptors (Lipinski definition) is 0. The Bertz CT molecular complexity index is 72.6. The van der Waals surface area contributed by atoms with E-state index < -0.39 is 0 Å². The van der Waals surface area contributed by atoms with Crippen LogP contribution in [0.5, 0.6) is 0 Å². The van der Waals surface area contributed by atoms with Gasteiger partial charge in [-0.15, -0.1) is 0 Å². The molecule has 0 amide bonds. The SMILES string of the molecule is CC(C)C[C@H]1CCC[NH2+]1. The second-order valence-corrected chi connectivity index (χ2v) is 3.56. The van der Waals surface area contributed by atoms with Gasteiger partial charge in [0.1, 0.15) is 0 Å². The van der Waals surface area contributed by atoms with Crippen LogP contribution in [0.1, 0.15) is 33.1 Å². The van der Waals surface area contributed by atoms with Crippen molar-refractivity contribution in [2.24, 2.45) is 5.92 Å². The van der Waals surface area contributed by atoms with Gasteiger partial charge >= 0.3 is 0 Å². The quantitative estimate of drug-likeness (QED) is 0.565. The number of nitrogens with two attached hydrogens (primary N) is 1. The van der Waals surface area contributed by atoms with E-state index in [-0.39, 0.29) is 0 Å². The van der Waals surface area contributed by atoms with E-state index in [1.807, 2.05) is 0 Å². The van der Waals surface area contributed by atoms with E-state index in [1.54, 1.807) is 0 Å². The van der Waals surface area contributed by atoms with Gasteiger partial charge in [-0.05, 0) is 5.92 Å². The van der Waals surface area contributed by atoms with Crippen molar-refractivity contribution in [3.05, 3.63) is 0 Å². The number of hydrogen-bond donors (Lipinski definition) is 1. The average molecular weight is 128 g/mol. The van der Waals surface area contributed by atoms with Crippen LogP contribution in [-0.2, 0) is 0 Å². The Kier molecular flexibility index (Phi) is 2.52. The Morgan fingerprint density at radius 2 is 2.33 bits per heavy atom. The highest BCUT2D eigenvalue weighted by Crippen LogP contribution is 2.08. The average Bonchev–Trinajstić information content (AvgIpc) is 2.15. The maximum absolute atomic E-state index is 2.50. The molecule has 0 spiro atoms. The molecule has 1 nitrogen and oxygen atoms in total. The molecule has 54 valence electrons. The fourth-order valence-electron chi connectivity index (χ4n) is 1.67. The monoisotopic (exact) mass is 128 g/mol. The van der Waals surface area contributed by atoms with Crippen molar-refractivity contribution in [1.82, 2.24) is 0 Å². The van der Waals surface area contributed by atoms with Gasteiger partial charge < -0.3 is 5.32 Å². The van der Waals surface area contributed by atoms with E-state index >= 15 is 0 Å². The summed E-state index contributed by atoms with van der Waals surface area (Å²) in [6.07, 6.45) is 4.32. The molecule has 0 unspecified atom stereocenters. The Morgan fingerprint density at radius 3 is 2.78 bits per heavy atom. The van der Waals surface area contributed by atoms with Crippen molar-refractivity contribution >= 4 is 0 Å². The lowest BCUT2D eigenvalue weighted by Gasteiger charge is -2.08. The van der Waals surface area contributed by atoms with Crippen LogP contribution in [0.2, 0.25) is 0 Å². The molecule has 2 N–H and O–H groups in total. The summed E-state index contributed by atoms with van der Waals surface area (Å²) in [5, 5.41) is 2.50. The summed E-state index contributed by atoms with van der Waals surface area (Å²) in [5.41, 5.74) is 0. The lowest BCUT2D eigenvalue weighted by atomic mass is 10.0. The molecule has 1 rings (SSSR count). The van der Waals surface area contributed by atoms with Gasteiger partial charge in [0.2, 0.25) is 0 Å². The molecule has 0 aromatic heterocycles. The van der Waals surface area contributed by atoms with Gasteiger partial charge in [0, 0.05) is 19.3 Å². The Balaban J connectivity index is 2.11. The van der Waals surface area contributed by atoms with Gasteiger partial charge in [-0.3, -0.25) is 0 Å². The van der Waals surface area contributed by atoms with Gasteiger partial charge in [-0.1, -0.05) is 13.8 Å². The molecule has 1 heteroatoms. The third-order valence-corrected chi connectivity index (χ3v) is 2.05. The normalized spacial score (nSPS) is 27.7. The third kappa shape index (κ3) is 2.35. The Hall–Kier alpha value is -0.0400. The van der Waals surface area contributed by atoms with Gasteiger partial charge in [0.25, 0.3) is 0 Å². The minimum Gasteiger partial charge on any atom is -0.344 e. The topological polar surface area (TPSA) is 16.6 Å². The van der Waals surface area contributed by atoms with Crippen molar-refractivity contribution in [2.45, 2.75) is 39.2 Å². The molecule has 1 fully saturated rings. The minimum absolute atomic E-state index is 0.893. The van der Waals surface area contributed by atoms with Crippen LogP contribution in [0.4, 0.5) is 0 Å². The molecule has 0 radical (unpaired) electrons. The first kappa shape index (κ1) is 7.07. The van der Waals surface area contributed by atoms with Gasteiger partial charge in [-0.25, -0.2) is 0 Å². The third-order valence-electron chi connectivity index (χ3n) is 2.05. The molecular weight excluding hydrogens is 110 g/mol. The van der Waals surface area contributed by atoms with E-state index in [0.29, 0.717) is 0 Å². The standard InChI is InChI=1S/C8H17N/c1-7(2)6-8-4-3-5-9-8/h7-9H,3-6H2,1-2H3/p+1/t8-/m1/s1. The van der Waals surface area contributed by atoms with Crippen LogP contribution in [0.25, 0.3) is 0 Å². The fourth-order valence-corrected chi connectivity index (χ4v) is 1.67. The Morgan fingerprint density at radius 1 is 1.56 bits per heavy atom. The van der Waals surface area contributed by atoms with Crippen LogP contribution in [-0.4, -0.2) is 12.6 Å². The molecular formula is C8H18N+. The number of quaternary nitrogens is 1. The first-order valence-electron chi connectivity index (χ1n) is 4.12. The zero-order chi connectivity index (χ0) is 6.69. The molecule has 0 aliphatic carbocycles. The van der Waals surface area contributed by atoms with E-state index in [2.05, 4.69) is 19.2 Å². The smallest absolute Gasteiger partial charge is 0.0863 e. The molecule has 1 saturated heterocycles. The van der Waals surface area contributed by atoms with E-state index in [0.717, 1.165) is 12.0 Å². The van der Waals surface area contributed by atoms with E-state index in [1.165, 1.54) is 25.8 Å². The lowest BCUT2D eigenvalue weighted by Crippen LogP contribution is -2.86. The fraction of sp³-hybridized carbons (Fsp3) is 1.00. The highest BCUT2D eigenvalue weighted by atomic mass is 14.9. The van der Waals surface area contributed by atoms with Crippen molar-refractivity contribution in [3.63, 3.8) is 0 Å². The van der Waals surface area contributed by atoms with Gasteiger partial charge in [-0.2, -0.15) is 0 Å². The molecule has 0 aromatic rings. The highest BCUT2D eigenvalue weighted by molar-refractivity contribution is 4.61. The summed E-state index contributed by atoms with van der Waals surface area (Å²) < 4.78 is 0. The summed E-state index contributed by atoms with van der Waals surface area (Å²) in [6, 6.07) is 0.963. The molecule has 0 saturated carbocycles. The zero-order valence-corrected chi connectivity index (χ0v) is 6.56. The first-order valence-corrected chi connectivity index (χ1v) is 4.12. The summed E-state index contributed by atoms with van der Waals surface area (Å²) in [6.45, 7) is 6.00. The van der Waals surface area contributed by atoms with Crippen molar-refractivity contribution in [1.29, 1.82) is 0 Å². The van der Waals surface area contributed by atoms with Crippen LogP contribution in [0, 0.1) is 5.92 Å². The largest absolute Gasteiger partial charge is 0.344 e. The molecule has 9 heavy (non-hydrogen) atoms. The minimum atomic E-state index is 0.893. The molecule has 0 bridgehead atoms. The molecule has 1 aliphatic rings. The maximum atomic E-state index is 2.50. The maximum Gasteiger partial charge on any atom is 0.0863 e.